The van der Waals surface area contributed by atoms with Crippen molar-refractivity contribution in [1.29, 1.82) is 0 Å². The Morgan fingerprint density at radius 2 is 2.29 bits per heavy atom. The van der Waals surface area contributed by atoms with Crippen molar-refractivity contribution in [3.05, 3.63) is 11.6 Å². The summed E-state index contributed by atoms with van der Waals surface area (Å²) in [6.45, 7) is -0.484. The summed E-state index contributed by atoms with van der Waals surface area (Å²) in [6.07, 6.45) is -3.94. The van der Waals surface area contributed by atoms with Crippen molar-refractivity contribution in [3.63, 3.8) is 0 Å². The maximum absolute atomic E-state index is 14.2. The molecule has 3 N–H and O–H groups in total. The maximum Gasteiger partial charge on any atom is 0.226 e. The van der Waals surface area contributed by atoms with Crippen LogP contribution in [0.1, 0.15) is 6.23 Å². The standard InChI is InChI=1S/C11H13ClFN5O3/c1-14-8-6-9(17-11(12)16-8)18(3-15-6)10-5(13)7(20)4(2-19)21-10/h3-5,7,10,19-20H,2H2,1H3,(H,14,16,17)/t4-,5+,7-,10-/m1/s1. The summed E-state index contributed by atoms with van der Waals surface area (Å²) in [5.74, 6) is 0.399. The summed E-state index contributed by atoms with van der Waals surface area (Å²) in [6, 6.07) is 0. The lowest BCUT2D eigenvalue weighted by atomic mass is 10.1. The fourth-order valence-electron chi connectivity index (χ4n) is 2.33. The SMILES string of the molecule is CNc1nc(Cl)nc2c1ncn2[C@@H]1O[C@H](CO)[C@@H](O)[C@@H]1F. The second-order valence-electron chi connectivity index (χ2n) is 4.60. The van der Waals surface area contributed by atoms with E-state index in [-0.39, 0.29) is 10.9 Å². The molecule has 3 heterocycles. The lowest BCUT2D eigenvalue weighted by Crippen LogP contribution is -2.30. The number of alkyl halides is 1. The number of fused-ring (bicyclic) bond motifs is 1. The van der Waals surface area contributed by atoms with E-state index < -0.39 is 31.2 Å². The highest BCUT2D eigenvalue weighted by molar-refractivity contribution is 6.28. The molecule has 0 radical (unpaired) electrons. The van der Waals surface area contributed by atoms with Crippen LogP contribution in [0.3, 0.4) is 0 Å². The van der Waals surface area contributed by atoms with Crippen molar-refractivity contribution in [2.45, 2.75) is 24.6 Å². The van der Waals surface area contributed by atoms with Gasteiger partial charge in [0.2, 0.25) is 5.28 Å². The van der Waals surface area contributed by atoms with Crippen LogP contribution in [0, 0.1) is 0 Å². The molecule has 0 spiro atoms. The monoisotopic (exact) mass is 317 g/mol. The molecule has 0 amide bonds. The molecule has 0 bridgehead atoms. The van der Waals surface area contributed by atoms with Gasteiger partial charge >= 0.3 is 0 Å². The van der Waals surface area contributed by atoms with Crippen molar-refractivity contribution in [2.75, 3.05) is 19.0 Å². The number of hydrogen-bond donors (Lipinski definition) is 3. The van der Waals surface area contributed by atoms with Crippen LogP contribution in [0.4, 0.5) is 10.2 Å². The summed E-state index contributed by atoms with van der Waals surface area (Å²) in [7, 11) is 1.65. The van der Waals surface area contributed by atoms with Crippen molar-refractivity contribution in [2.24, 2.45) is 0 Å². The van der Waals surface area contributed by atoms with E-state index in [4.69, 9.17) is 21.4 Å². The summed E-state index contributed by atoms with van der Waals surface area (Å²) in [5, 5.41) is 21.6. The maximum atomic E-state index is 14.2. The highest BCUT2D eigenvalue weighted by Crippen LogP contribution is 2.34. The highest BCUT2D eigenvalue weighted by atomic mass is 35.5. The van der Waals surface area contributed by atoms with Gasteiger partial charge in [0.25, 0.3) is 0 Å². The third-order valence-electron chi connectivity index (χ3n) is 3.38. The molecule has 2 aromatic heterocycles. The minimum atomic E-state index is -1.72. The third-order valence-corrected chi connectivity index (χ3v) is 3.55. The van der Waals surface area contributed by atoms with Crippen LogP contribution in [0.2, 0.25) is 5.28 Å². The Bertz CT molecular complexity index is 669. The van der Waals surface area contributed by atoms with Crippen LogP contribution in [-0.4, -0.2) is 61.8 Å². The van der Waals surface area contributed by atoms with Gasteiger partial charge in [0.1, 0.15) is 12.2 Å². The van der Waals surface area contributed by atoms with Gasteiger partial charge in [-0.15, -0.1) is 0 Å². The minimum absolute atomic E-state index is 0.0266. The van der Waals surface area contributed by atoms with Crippen molar-refractivity contribution in [1.82, 2.24) is 19.5 Å². The van der Waals surface area contributed by atoms with E-state index in [1.165, 1.54) is 10.9 Å². The molecule has 3 rings (SSSR count). The zero-order chi connectivity index (χ0) is 15.1. The third kappa shape index (κ3) is 2.22. The Kier molecular flexibility index (Phi) is 3.66. The fraction of sp³-hybridized carbons (Fsp3) is 0.545. The molecule has 1 fully saturated rings. The van der Waals surface area contributed by atoms with Gasteiger partial charge in [0.05, 0.1) is 12.9 Å². The topological polar surface area (TPSA) is 105 Å². The van der Waals surface area contributed by atoms with Gasteiger partial charge in [-0.3, -0.25) is 4.57 Å². The molecular formula is C11H13ClFN5O3. The quantitative estimate of drug-likeness (QED) is 0.690. The van der Waals surface area contributed by atoms with Gasteiger partial charge in [-0.1, -0.05) is 0 Å². The summed E-state index contributed by atoms with van der Waals surface area (Å²) in [4.78, 5) is 12.1. The largest absolute Gasteiger partial charge is 0.394 e. The first-order valence-corrected chi connectivity index (χ1v) is 6.61. The molecular weight excluding hydrogens is 305 g/mol. The fourth-order valence-corrected chi connectivity index (χ4v) is 2.49. The number of hydrogen-bond acceptors (Lipinski definition) is 7. The lowest BCUT2D eigenvalue weighted by Gasteiger charge is -2.15. The van der Waals surface area contributed by atoms with Gasteiger partial charge in [-0.25, -0.2) is 9.37 Å². The van der Waals surface area contributed by atoms with Crippen molar-refractivity contribution < 1.29 is 19.3 Å². The van der Waals surface area contributed by atoms with Gasteiger partial charge in [-0.05, 0) is 11.6 Å². The molecule has 1 aliphatic rings. The smallest absolute Gasteiger partial charge is 0.226 e. The van der Waals surface area contributed by atoms with Crippen LogP contribution in [0.25, 0.3) is 11.2 Å². The molecule has 0 saturated carbocycles. The first-order chi connectivity index (χ1) is 10.1. The molecule has 10 heteroatoms. The van der Waals surface area contributed by atoms with Crippen LogP contribution in [0.15, 0.2) is 6.33 Å². The molecule has 0 unspecified atom stereocenters. The number of imidazole rings is 1. The van der Waals surface area contributed by atoms with Gasteiger partial charge < -0.3 is 20.3 Å². The number of nitrogens with one attached hydrogen (secondary N) is 1. The number of halogens is 2. The average Bonchev–Trinajstić information content (AvgIpc) is 3.01. The first-order valence-electron chi connectivity index (χ1n) is 6.23. The molecule has 114 valence electrons. The molecule has 4 atom stereocenters. The van der Waals surface area contributed by atoms with Crippen molar-refractivity contribution in [3.8, 4) is 0 Å². The molecule has 2 aromatic rings. The van der Waals surface area contributed by atoms with Crippen LogP contribution in [-0.2, 0) is 4.74 Å². The van der Waals surface area contributed by atoms with Gasteiger partial charge in [0, 0.05) is 7.05 Å². The molecule has 8 nitrogen and oxygen atoms in total. The van der Waals surface area contributed by atoms with E-state index in [0.29, 0.717) is 11.3 Å². The van der Waals surface area contributed by atoms with Gasteiger partial charge in [-0.2, -0.15) is 9.97 Å². The predicted octanol–water partition coefficient (Wildman–Crippen LogP) is 0.110. The van der Waals surface area contributed by atoms with Crippen LogP contribution >= 0.6 is 11.6 Å². The molecule has 0 aliphatic carbocycles. The Hall–Kier alpha value is -1.55. The number of ether oxygens (including phenoxy) is 1. The average molecular weight is 318 g/mol. The summed E-state index contributed by atoms with van der Waals surface area (Å²) in [5.41, 5.74) is 0.678. The number of aromatic nitrogens is 4. The number of anilines is 1. The Labute approximate surface area is 123 Å². The van der Waals surface area contributed by atoms with E-state index in [9.17, 15) is 9.50 Å². The molecule has 1 aliphatic heterocycles. The Morgan fingerprint density at radius 1 is 1.52 bits per heavy atom. The van der Waals surface area contributed by atoms with Crippen LogP contribution < -0.4 is 5.32 Å². The van der Waals surface area contributed by atoms with E-state index in [2.05, 4.69) is 20.3 Å². The summed E-state index contributed by atoms with van der Waals surface area (Å²) >= 11 is 5.83. The van der Waals surface area contributed by atoms with E-state index in [1.807, 2.05) is 0 Å². The number of aliphatic hydroxyl groups is 2. The molecule has 0 aromatic carbocycles. The number of rotatable bonds is 3. The second-order valence-corrected chi connectivity index (χ2v) is 4.94. The predicted molar refractivity (Wildman–Crippen MR) is 71.8 cm³/mol. The van der Waals surface area contributed by atoms with Gasteiger partial charge in [0.15, 0.2) is 29.4 Å². The second kappa shape index (κ2) is 5.34. The van der Waals surface area contributed by atoms with E-state index in [0.717, 1.165) is 0 Å². The van der Waals surface area contributed by atoms with Crippen molar-refractivity contribution >= 4 is 28.6 Å². The minimum Gasteiger partial charge on any atom is -0.394 e. The lowest BCUT2D eigenvalue weighted by molar-refractivity contribution is -0.0459. The highest BCUT2D eigenvalue weighted by Gasteiger charge is 2.45. The zero-order valence-electron chi connectivity index (χ0n) is 10.9. The zero-order valence-corrected chi connectivity index (χ0v) is 11.7. The molecule has 1 saturated heterocycles. The van der Waals surface area contributed by atoms with E-state index in [1.54, 1.807) is 7.05 Å². The normalized spacial score (nSPS) is 29.2. The first kappa shape index (κ1) is 14.4. The Morgan fingerprint density at radius 3 is 2.90 bits per heavy atom. The number of aliphatic hydroxyl groups excluding tert-OH is 2. The Balaban J connectivity index is 2.07. The van der Waals surface area contributed by atoms with E-state index >= 15 is 0 Å². The summed E-state index contributed by atoms with van der Waals surface area (Å²) < 4.78 is 20.8. The molecule has 21 heavy (non-hydrogen) atoms. The number of nitrogens with zero attached hydrogens (tertiary/aromatic N) is 4. The van der Waals surface area contributed by atoms with Crippen LogP contribution in [0.5, 0.6) is 0 Å².